The minimum absolute atomic E-state index is 0.0487. The van der Waals surface area contributed by atoms with Crippen LogP contribution in [0.2, 0.25) is 0 Å². The van der Waals surface area contributed by atoms with Crippen LogP contribution in [0.1, 0.15) is 23.4 Å². The summed E-state index contributed by atoms with van der Waals surface area (Å²) < 4.78 is 5.51. The number of nitro benzene ring substituents is 1. The van der Waals surface area contributed by atoms with Gasteiger partial charge in [-0.15, -0.1) is 11.3 Å². The molecule has 0 bridgehead atoms. The Morgan fingerprint density at radius 1 is 1.31 bits per heavy atom. The lowest BCUT2D eigenvalue weighted by molar-refractivity contribution is -0.384. The minimum Gasteiger partial charge on any atom is -0.486 e. The zero-order chi connectivity index (χ0) is 20.8. The van der Waals surface area contributed by atoms with Gasteiger partial charge in [-0.3, -0.25) is 14.9 Å². The third kappa shape index (κ3) is 4.83. The summed E-state index contributed by atoms with van der Waals surface area (Å²) in [5.74, 6) is -0.891. The van der Waals surface area contributed by atoms with Crippen LogP contribution in [0.15, 0.2) is 53.9 Å². The molecule has 1 atom stereocenters. The largest absolute Gasteiger partial charge is 0.486 e. The molecule has 2 aromatic carbocycles. The molecule has 0 radical (unpaired) electrons. The number of thiazole rings is 1. The average Bonchev–Trinajstić information content (AvgIpc) is 3.23. The molecule has 1 heterocycles. The van der Waals surface area contributed by atoms with E-state index in [1.165, 1.54) is 23.5 Å². The quantitative estimate of drug-likeness (QED) is 0.401. The monoisotopic (exact) mass is 407 g/mol. The second kappa shape index (κ2) is 9.08. The smallest absolute Gasteiger partial charge is 0.270 e. The van der Waals surface area contributed by atoms with Crippen molar-refractivity contribution >= 4 is 22.8 Å². The summed E-state index contributed by atoms with van der Waals surface area (Å²) in [6.45, 7) is 1.81. The summed E-state index contributed by atoms with van der Waals surface area (Å²) >= 11 is 1.17. The summed E-state index contributed by atoms with van der Waals surface area (Å²) in [7, 11) is 0. The first-order valence-electron chi connectivity index (χ1n) is 8.86. The second-order valence-electron chi connectivity index (χ2n) is 6.19. The summed E-state index contributed by atoms with van der Waals surface area (Å²) in [5.41, 5.74) is 2.15. The molecule has 0 amide bonds. The summed E-state index contributed by atoms with van der Waals surface area (Å²) in [6, 6.07) is 15.5. The number of carbonyl (C=O) groups is 1. The van der Waals surface area contributed by atoms with Gasteiger partial charge in [-0.2, -0.15) is 5.26 Å². The molecule has 146 valence electrons. The fourth-order valence-corrected chi connectivity index (χ4v) is 3.55. The van der Waals surface area contributed by atoms with Crippen LogP contribution >= 0.6 is 11.3 Å². The number of nitro groups is 1. The van der Waals surface area contributed by atoms with Crippen molar-refractivity contribution < 1.29 is 14.5 Å². The number of hydrogen-bond donors (Lipinski definition) is 0. The van der Waals surface area contributed by atoms with Crippen molar-refractivity contribution in [2.24, 2.45) is 0 Å². The maximum atomic E-state index is 12.5. The zero-order valence-electron chi connectivity index (χ0n) is 15.6. The number of benzene rings is 2. The fourth-order valence-electron chi connectivity index (χ4n) is 2.66. The lowest BCUT2D eigenvalue weighted by atomic mass is 10.1. The van der Waals surface area contributed by atoms with Crippen LogP contribution in [0.5, 0.6) is 5.75 Å². The number of nitriles is 1. The van der Waals surface area contributed by atoms with Gasteiger partial charge in [-0.1, -0.05) is 31.2 Å². The number of aromatic nitrogens is 1. The van der Waals surface area contributed by atoms with Crippen LogP contribution in [0.4, 0.5) is 5.69 Å². The molecular formula is C21H17N3O4S. The molecule has 0 saturated heterocycles. The predicted octanol–water partition coefficient (Wildman–Crippen LogP) is 4.54. The molecule has 1 aromatic heterocycles. The molecule has 0 fully saturated rings. The van der Waals surface area contributed by atoms with Crippen LogP contribution in [-0.2, 0) is 11.2 Å². The molecule has 8 heteroatoms. The maximum Gasteiger partial charge on any atom is 0.270 e. The third-order valence-corrected chi connectivity index (χ3v) is 5.19. The molecule has 7 nitrogen and oxygen atoms in total. The van der Waals surface area contributed by atoms with Gasteiger partial charge in [0, 0.05) is 23.1 Å². The molecule has 0 saturated carbocycles. The number of rotatable bonds is 8. The van der Waals surface area contributed by atoms with Gasteiger partial charge in [0.1, 0.15) is 17.4 Å². The highest BCUT2D eigenvalue weighted by Gasteiger charge is 2.24. The molecule has 0 aliphatic heterocycles. The Balaban J connectivity index is 1.71. The summed E-state index contributed by atoms with van der Waals surface area (Å²) in [4.78, 5) is 27.3. The Hall–Kier alpha value is -3.57. The number of carbonyl (C=O) groups excluding carboxylic acids is 1. The number of hydrogen-bond acceptors (Lipinski definition) is 7. The van der Waals surface area contributed by atoms with E-state index in [9.17, 15) is 20.2 Å². The first-order chi connectivity index (χ1) is 14.0. The van der Waals surface area contributed by atoms with Gasteiger partial charge in [0.25, 0.3) is 5.69 Å². The maximum absolute atomic E-state index is 12.5. The van der Waals surface area contributed by atoms with E-state index in [4.69, 9.17) is 4.74 Å². The topological polar surface area (TPSA) is 106 Å². The van der Waals surface area contributed by atoms with Crippen LogP contribution in [-0.4, -0.2) is 22.3 Å². The molecule has 3 rings (SSSR count). The Morgan fingerprint density at radius 3 is 2.72 bits per heavy atom. The number of Topliss-reactive ketones (excluding diaryl/α,β-unsaturated/α-hetero) is 1. The van der Waals surface area contributed by atoms with Crippen LogP contribution in [0, 0.1) is 21.4 Å². The van der Waals surface area contributed by atoms with E-state index in [1.807, 2.05) is 25.1 Å². The Morgan fingerprint density at radius 2 is 2.07 bits per heavy atom. The van der Waals surface area contributed by atoms with Crippen molar-refractivity contribution in [2.45, 2.75) is 19.3 Å². The van der Waals surface area contributed by atoms with Gasteiger partial charge in [0.05, 0.1) is 16.7 Å². The Labute approximate surface area is 171 Å². The Bertz CT molecular complexity index is 1070. The van der Waals surface area contributed by atoms with E-state index < -0.39 is 16.6 Å². The third-order valence-electron chi connectivity index (χ3n) is 4.29. The van der Waals surface area contributed by atoms with E-state index in [1.54, 1.807) is 29.6 Å². The van der Waals surface area contributed by atoms with E-state index >= 15 is 0 Å². The molecule has 0 aliphatic rings. The molecule has 29 heavy (non-hydrogen) atoms. The lowest BCUT2D eigenvalue weighted by Crippen LogP contribution is -2.19. The first kappa shape index (κ1) is 20.2. The average molecular weight is 407 g/mol. The standard InChI is InChI=1S/C21H17N3O4S/c1-2-14-6-8-17(9-7-14)28-12-20(25)18(11-22)21-23-19(13-29-21)15-4-3-5-16(10-15)24(26)27/h3-10,13,18H,2,12H2,1H3. The highest BCUT2D eigenvalue weighted by molar-refractivity contribution is 7.10. The van der Waals surface area contributed by atoms with Gasteiger partial charge >= 0.3 is 0 Å². The van der Waals surface area contributed by atoms with Crippen LogP contribution in [0.25, 0.3) is 11.3 Å². The number of aryl methyl sites for hydroxylation is 1. The summed E-state index contributed by atoms with van der Waals surface area (Å²) in [6.07, 6.45) is 0.909. The molecule has 0 spiro atoms. The number of ether oxygens (including phenoxy) is 1. The molecule has 3 aromatic rings. The molecule has 0 N–H and O–H groups in total. The zero-order valence-corrected chi connectivity index (χ0v) is 16.4. The van der Waals surface area contributed by atoms with E-state index in [-0.39, 0.29) is 12.3 Å². The van der Waals surface area contributed by atoms with E-state index in [0.29, 0.717) is 22.0 Å². The van der Waals surface area contributed by atoms with Gasteiger partial charge in [0.15, 0.2) is 11.7 Å². The van der Waals surface area contributed by atoms with Crippen molar-refractivity contribution in [3.8, 4) is 23.1 Å². The van der Waals surface area contributed by atoms with Gasteiger partial charge in [-0.05, 0) is 24.1 Å². The first-order valence-corrected chi connectivity index (χ1v) is 9.74. The van der Waals surface area contributed by atoms with Crippen LogP contribution in [0.3, 0.4) is 0 Å². The lowest BCUT2D eigenvalue weighted by Gasteiger charge is -2.08. The minimum atomic E-state index is -1.05. The highest BCUT2D eigenvalue weighted by Crippen LogP contribution is 2.29. The number of nitrogens with zero attached hydrogens (tertiary/aromatic N) is 3. The van der Waals surface area contributed by atoms with Gasteiger partial charge in [0.2, 0.25) is 0 Å². The normalized spacial score (nSPS) is 11.4. The fraction of sp³-hybridized carbons (Fsp3) is 0.190. The molecule has 0 aliphatic carbocycles. The SMILES string of the molecule is CCc1ccc(OCC(=O)C(C#N)c2nc(-c3cccc([N+](=O)[O-])c3)cs2)cc1. The Kier molecular flexibility index (Phi) is 6.32. The van der Waals surface area contributed by atoms with Crippen molar-refractivity contribution in [3.05, 3.63) is 74.6 Å². The van der Waals surface area contributed by atoms with Crippen molar-refractivity contribution in [1.29, 1.82) is 5.26 Å². The van der Waals surface area contributed by atoms with E-state index in [2.05, 4.69) is 4.98 Å². The van der Waals surface area contributed by atoms with E-state index in [0.717, 1.165) is 12.0 Å². The number of non-ortho nitro benzene ring substituents is 1. The highest BCUT2D eigenvalue weighted by atomic mass is 32.1. The summed E-state index contributed by atoms with van der Waals surface area (Å²) in [5, 5.41) is 22.4. The van der Waals surface area contributed by atoms with Crippen molar-refractivity contribution in [3.63, 3.8) is 0 Å². The van der Waals surface area contributed by atoms with Crippen LogP contribution < -0.4 is 4.74 Å². The second-order valence-corrected chi connectivity index (χ2v) is 7.08. The van der Waals surface area contributed by atoms with Crippen molar-refractivity contribution in [2.75, 3.05) is 6.61 Å². The van der Waals surface area contributed by atoms with Crippen molar-refractivity contribution in [1.82, 2.24) is 4.98 Å². The van der Waals surface area contributed by atoms with Gasteiger partial charge < -0.3 is 4.74 Å². The molecule has 1 unspecified atom stereocenters. The number of ketones is 1. The van der Waals surface area contributed by atoms with Gasteiger partial charge in [-0.25, -0.2) is 4.98 Å². The predicted molar refractivity (Wildman–Crippen MR) is 109 cm³/mol. The molecular weight excluding hydrogens is 390 g/mol.